The number of nitrogens with zero attached hydrogens (tertiary/aromatic N) is 1. The molecule has 0 aliphatic rings. The number of nitriles is 1. The lowest BCUT2D eigenvalue weighted by Gasteiger charge is -2.09. The summed E-state index contributed by atoms with van der Waals surface area (Å²) in [5, 5.41) is 11.3. The van der Waals surface area contributed by atoms with Crippen molar-refractivity contribution in [2.24, 2.45) is 0 Å². The van der Waals surface area contributed by atoms with Crippen molar-refractivity contribution in [2.45, 2.75) is 4.90 Å². The van der Waals surface area contributed by atoms with E-state index in [0.717, 1.165) is 18.2 Å². The number of carbonyl (C=O) groups is 2. The van der Waals surface area contributed by atoms with E-state index < -0.39 is 51.6 Å². The van der Waals surface area contributed by atoms with Gasteiger partial charge in [0.2, 0.25) is 10.0 Å². The predicted molar refractivity (Wildman–Crippen MR) is 92.3 cm³/mol. The van der Waals surface area contributed by atoms with Crippen LogP contribution in [0.2, 0.25) is 0 Å². The number of nitrogens with one attached hydrogen (secondary N) is 2. The van der Waals surface area contributed by atoms with Crippen molar-refractivity contribution in [3.8, 4) is 6.07 Å². The molecule has 28 heavy (non-hydrogen) atoms. The number of hydrogen-bond donors (Lipinski definition) is 2. The van der Waals surface area contributed by atoms with Gasteiger partial charge in [-0.15, -0.1) is 0 Å². The van der Waals surface area contributed by atoms with E-state index in [9.17, 15) is 26.8 Å². The van der Waals surface area contributed by atoms with E-state index in [-0.39, 0.29) is 11.3 Å². The topological polar surface area (TPSA) is 125 Å². The number of ether oxygens (including phenoxy) is 1. The molecule has 11 heteroatoms. The van der Waals surface area contributed by atoms with Gasteiger partial charge in [0.05, 0.1) is 11.3 Å². The Morgan fingerprint density at radius 1 is 1.07 bits per heavy atom. The standard InChI is InChI=1S/C17H13F2N3O5S/c18-12-5-3-6-13(19)17(12)28(25,26)21-9-16(24)27-10-15(23)22-14-7-2-1-4-11(14)8-20/h1-7,21H,9-10H2,(H,22,23). The number of para-hydroxylation sites is 1. The molecule has 0 heterocycles. The zero-order chi connectivity index (χ0) is 20.7. The van der Waals surface area contributed by atoms with Gasteiger partial charge in [0, 0.05) is 0 Å². The fourth-order valence-electron chi connectivity index (χ4n) is 2.04. The molecule has 0 aliphatic heterocycles. The van der Waals surface area contributed by atoms with Gasteiger partial charge in [-0.25, -0.2) is 17.2 Å². The third-order valence-electron chi connectivity index (χ3n) is 3.28. The third-order valence-corrected chi connectivity index (χ3v) is 4.73. The van der Waals surface area contributed by atoms with Crippen LogP contribution in [0.15, 0.2) is 47.4 Å². The number of rotatable bonds is 7. The number of amides is 1. The van der Waals surface area contributed by atoms with Crippen LogP contribution in [0.25, 0.3) is 0 Å². The minimum absolute atomic E-state index is 0.196. The summed E-state index contributed by atoms with van der Waals surface area (Å²) in [4.78, 5) is 22.1. The minimum atomic E-state index is -4.65. The van der Waals surface area contributed by atoms with Crippen molar-refractivity contribution in [2.75, 3.05) is 18.5 Å². The Morgan fingerprint density at radius 3 is 2.36 bits per heavy atom. The molecule has 2 aromatic rings. The quantitative estimate of drug-likeness (QED) is 0.664. The molecule has 0 aromatic heterocycles. The van der Waals surface area contributed by atoms with Crippen LogP contribution in [0.4, 0.5) is 14.5 Å². The summed E-state index contributed by atoms with van der Waals surface area (Å²) in [5.41, 5.74) is 0.406. The number of halogens is 2. The Bertz CT molecular complexity index is 1030. The summed E-state index contributed by atoms with van der Waals surface area (Å²) >= 11 is 0. The molecule has 0 radical (unpaired) electrons. The molecule has 0 saturated carbocycles. The van der Waals surface area contributed by atoms with Gasteiger partial charge >= 0.3 is 5.97 Å². The number of carbonyl (C=O) groups excluding carboxylic acids is 2. The first-order valence-electron chi connectivity index (χ1n) is 7.63. The molecule has 146 valence electrons. The fourth-order valence-corrected chi connectivity index (χ4v) is 3.14. The first kappa shape index (κ1) is 20.9. The number of benzene rings is 2. The van der Waals surface area contributed by atoms with E-state index in [1.54, 1.807) is 16.9 Å². The number of esters is 1. The van der Waals surface area contributed by atoms with Crippen molar-refractivity contribution in [1.82, 2.24) is 4.72 Å². The molecule has 1 amide bonds. The van der Waals surface area contributed by atoms with Gasteiger partial charge < -0.3 is 10.1 Å². The maximum absolute atomic E-state index is 13.5. The molecule has 2 aromatic carbocycles. The summed E-state index contributed by atoms with van der Waals surface area (Å²) in [7, 11) is -4.65. The van der Waals surface area contributed by atoms with Crippen LogP contribution in [-0.4, -0.2) is 33.4 Å². The second kappa shape index (κ2) is 9.03. The minimum Gasteiger partial charge on any atom is -0.455 e. The van der Waals surface area contributed by atoms with Gasteiger partial charge in [-0.05, 0) is 24.3 Å². The van der Waals surface area contributed by atoms with Crippen LogP contribution in [0.5, 0.6) is 0 Å². The molecule has 8 nitrogen and oxygen atoms in total. The van der Waals surface area contributed by atoms with Crippen molar-refractivity contribution in [1.29, 1.82) is 5.26 Å². The molecular formula is C17H13F2N3O5S. The van der Waals surface area contributed by atoms with Gasteiger partial charge in [0.25, 0.3) is 5.91 Å². The first-order valence-corrected chi connectivity index (χ1v) is 9.11. The Balaban J connectivity index is 1.89. The smallest absolute Gasteiger partial charge is 0.321 e. The van der Waals surface area contributed by atoms with Crippen LogP contribution in [0.1, 0.15) is 5.56 Å². The lowest BCUT2D eigenvalue weighted by Crippen LogP contribution is -2.33. The Kier molecular flexibility index (Phi) is 6.75. The van der Waals surface area contributed by atoms with Gasteiger partial charge in [-0.3, -0.25) is 9.59 Å². The zero-order valence-electron chi connectivity index (χ0n) is 14.1. The summed E-state index contributed by atoms with van der Waals surface area (Å²) in [6.07, 6.45) is 0. The van der Waals surface area contributed by atoms with E-state index >= 15 is 0 Å². The highest BCUT2D eigenvalue weighted by Gasteiger charge is 2.24. The van der Waals surface area contributed by atoms with Crippen LogP contribution in [0.3, 0.4) is 0 Å². The SMILES string of the molecule is N#Cc1ccccc1NC(=O)COC(=O)CNS(=O)(=O)c1c(F)cccc1F. The highest BCUT2D eigenvalue weighted by Crippen LogP contribution is 2.17. The molecule has 0 unspecified atom stereocenters. The van der Waals surface area contributed by atoms with Gasteiger partial charge in [0.1, 0.15) is 24.2 Å². The van der Waals surface area contributed by atoms with Gasteiger partial charge in [-0.1, -0.05) is 18.2 Å². The highest BCUT2D eigenvalue weighted by molar-refractivity contribution is 7.89. The molecule has 0 fully saturated rings. The average Bonchev–Trinajstić information content (AvgIpc) is 2.65. The maximum Gasteiger partial charge on any atom is 0.321 e. The fraction of sp³-hybridized carbons (Fsp3) is 0.118. The van der Waals surface area contributed by atoms with Crippen molar-refractivity contribution < 1.29 is 31.5 Å². The largest absolute Gasteiger partial charge is 0.455 e. The average molecular weight is 409 g/mol. The predicted octanol–water partition coefficient (Wildman–Crippen LogP) is 1.30. The lowest BCUT2D eigenvalue weighted by atomic mass is 10.2. The molecular weight excluding hydrogens is 396 g/mol. The summed E-state index contributed by atoms with van der Waals surface area (Å²) in [5.74, 6) is -4.56. The normalized spacial score (nSPS) is 10.8. The molecule has 2 N–H and O–H groups in total. The Morgan fingerprint density at radius 2 is 1.71 bits per heavy atom. The highest BCUT2D eigenvalue weighted by atomic mass is 32.2. The van der Waals surface area contributed by atoms with E-state index in [1.165, 1.54) is 12.1 Å². The zero-order valence-corrected chi connectivity index (χ0v) is 14.9. The molecule has 0 bridgehead atoms. The molecule has 2 rings (SSSR count). The Labute approximate surface area is 158 Å². The molecule has 0 spiro atoms. The van der Waals surface area contributed by atoms with Crippen LogP contribution in [0, 0.1) is 23.0 Å². The summed E-state index contributed by atoms with van der Waals surface area (Å²) in [6, 6.07) is 10.5. The van der Waals surface area contributed by atoms with E-state index in [2.05, 4.69) is 10.1 Å². The third kappa shape index (κ3) is 5.32. The van der Waals surface area contributed by atoms with Crippen molar-refractivity contribution >= 4 is 27.6 Å². The van der Waals surface area contributed by atoms with E-state index in [4.69, 9.17) is 5.26 Å². The number of sulfonamides is 1. The van der Waals surface area contributed by atoms with Crippen LogP contribution >= 0.6 is 0 Å². The lowest BCUT2D eigenvalue weighted by molar-refractivity contribution is -0.146. The molecule has 0 aliphatic carbocycles. The van der Waals surface area contributed by atoms with E-state index in [0.29, 0.717) is 0 Å². The summed E-state index contributed by atoms with van der Waals surface area (Å²) < 4.78 is 57.2. The second-order valence-corrected chi connectivity index (χ2v) is 6.95. The van der Waals surface area contributed by atoms with Gasteiger partial charge in [0.15, 0.2) is 11.5 Å². The monoisotopic (exact) mass is 409 g/mol. The number of anilines is 1. The number of hydrogen-bond acceptors (Lipinski definition) is 6. The van der Waals surface area contributed by atoms with Crippen LogP contribution < -0.4 is 10.0 Å². The molecule has 0 saturated heterocycles. The van der Waals surface area contributed by atoms with Crippen molar-refractivity contribution in [3.63, 3.8) is 0 Å². The second-order valence-electron chi connectivity index (χ2n) is 5.24. The molecule has 0 atom stereocenters. The summed E-state index contributed by atoms with van der Waals surface area (Å²) in [6.45, 7) is -1.70. The van der Waals surface area contributed by atoms with Crippen LogP contribution in [-0.2, 0) is 24.3 Å². The van der Waals surface area contributed by atoms with Gasteiger partial charge in [-0.2, -0.15) is 9.98 Å². The first-order chi connectivity index (χ1) is 13.2. The van der Waals surface area contributed by atoms with Crippen molar-refractivity contribution in [3.05, 3.63) is 59.7 Å². The van der Waals surface area contributed by atoms with E-state index in [1.807, 2.05) is 6.07 Å². The maximum atomic E-state index is 13.5. The Hall–Kier alpha value is -3.36.